The van der Waals surface area contributed by atoms with Gasteiger partial charge in [-0.05, 0) is 63.0 Å². The molecule has 492 valence electrons. The van der Waals surface area contributed by atoms with E-state index in [0.29, 0.717) is 19.3 Å². The molecule has 0 aliphatic carbocycles. The summed E-state index contributed by atoms with van der Waals surface area (Å²) in [6, 6.07) is -7.83. The molecule has 2 aliphatic rings. The number of aliphatic imine (C=N–C) groups is 1. The van der Waals surface area contributed by atoms with Gasteiger partial charge in [0.2, 0.25) is 70.9 Å². The molecule has 30 nitrogen and oxygen atoms in total. The van der Waals surface area contributed by atoms with Gasteiger partial charge in [0.15, 0.2) is 5.96 Å². The van der Waals surface area contributed by atoms with Gasteiger partial charge in [0.25, 0.3) is 0 Å². The van der Waals surface area contributed by atoms with Gasteiger partial charge in [0, 0.05) is 19.4 Å². The zero-order valence-electron chi connectivity index (χ0n) is 52.4. The zero-order valence-corrected chi connectivity index (χ0v) is 52.4. The largest absolute Gasteiger partial charge is 0.394 e. The summed E-state index contributed by atoms with van der Waals surface area (Å²) < 4.78 is 0. The Labute approximate surface area is 514 Å². The lowest BCUT2D eigenvalue weighted by molar-refractivity contribution is -0.138. The molecule has 0 spiro atoms. The second kappa shape index (κ2) is 36.4. The smallest absolute Gasteiger partial charge is 0.245 e. The fourth-order valence-electron chi connectivity index (χ4n) is 9.61. The molecule has 0 radical (unpaired) electrons. The first kappa shape index (κ1) is 74.3. The summed E-state index contributed by atoms with van der Waals surface area (Å²) in [7, 11) is 1.60. The number of likely N-dealkylation sites (N-methyl/N-ethyl adjacent to an activating group) is 1. The maximum absolute atomic E-state index is 14.4. The van der Waals surface area contributed by atoms with Gasteiger partial charge in [-0.3, -0.25) is 57.5 Å². The van der Waals surface area contributed by atoms with Crippen LogP contribution in [-0.2, 0) is 64.0 Å². The van der Waals surface area contributed by atoms with Crippen LogP contribution in [-0.4, -0.2) is 192 Å². The molecular weight excluding hydrogens is 1140 g/mol. The number of guanidine groups is 1. The van der Waals surface area contributed by atoms with Crippen molar-refractivity contribution < 1.29 is 67.7 Å². The van der Waals surface area contributed by atoms with Crippen LogP contribution >= 0.6 is 0 Å². The molecule has 1 saturated heterocycles. The quantitative estimate of drug-likeness (QED) is 0.0322. The molecule has 2 aliphatic heterocycles. The molecule has 0 saturated carbocycles. The summed E-state index contributed by atoms with van der Waals surface area (Å²) in [6.07, 6.45) is 0.803. The summed E-state index contributed by atoms with van der Waals surface area (Å²) >= 11 is 0. The number of amides is 12. The Hall–Kier alpha value is -7.99. The second-order valence-electron chi connectivity index (χ2n) is 22.9. The van der Waals surface area contributed by atoms with Crippen LogP contribution < -0.4 is 80.6 Å². The molecule has 17 atom stereocenters. The van der Waals surface area contributed by atoms with E-state index in [2.05, 4.69) is 74.1 Å². The van der Waals surface area contributed by atoms with Crippen molar-refractivity contribution in [3.05, 3.63) is 35.9 Å². The van der Waals surface area contributed by atoms with Crippen LogP contribution in [0.1, 0.15) is 120 Å². The SMILES string of the molecule is CC[C@@H](C)[C@@H]1NC(=O)[C@H](C[C@H]2CNC(N)=N2)NC(=O)[C@H](C)NC(=O)[C@H](NC(=O)[C@H](CO)NC(=O)[C@@H](NC(=O)[C@H](NC(=O)[C@@H](CCC(N)=O)NC(=O)[C@H](CO)NC(=O)[C@@H](NC(=O)[C@@H](Cc2ccccc2)NC)[C@@H](C)CC)[C@@H](C)CC)[C@@H](C)CC)[C@H](C)NC1=O. The number of primary amides is 1. The fraction of sp³-hybridized carbons (Fsp3) is 0.672. The number of benzene rings is 1. The topological polar surface area (TPSA) is 466 Å². The van der Waals surface area contributed by atoms with E-state index in [-0.39, 0.29) is 31.8 Å². The number of nitrogens with one attached hydrogen (secondary N) is 13. The van der Waals surface area contributed by atoms with Crippen LogP contribution in [0.4, 0.5) is 0 Å². The number of hydrogen-bond donors (Lipinski definition) is 17. The number of rotatable bonds is 32. The highest BCUT2D eigenvalue weighted by Gasteiger charge is 2.41. The lowest BCUT2D eigenvalue weighted by Crippen LogP contribution is -2.64. The first-order valence-electron chi connectivity index (χ1n) is 30.2. The van der Waals surface area contributed by atoms with Crippen LogP contribution in [0.3, 0.4) is 0 Å². The lowest BCUT2D eigenvalue weighted by Gasteiger charge is -2.32. The number of hydrogen-bond acceptors (Lipinski definition) is 18. The average molecular weight is 1240 g/mol. The Balaban J connectivity index is 1.85. The molecule has 2 heterocycles. The molecule has 3 rings (SSSR count). The van der Waals surface area contributed by atoms with E-state index in [4.69, 9.17) is 11.5 Å². The van der Waals surface area contributed by atoms with Gasteiger partial charge in [-0.2, -0.15) is 0 Å². The van der Waals surface area contributed by atoms with E-state index in [9.17, 15) is 67.7 Å². The Morgan fingerprint density at radius 3 is 1.57 bits per heavy atom. The van der Waals surface area contributed by atoms with E-state index in [1.165, 1.54) is 13.8 Å². The minimum atomic E-state index is -1.80. The van der Waals surface area contributed by atoms with E-state index in [1.807, 2.05) is 30.3 Å². The molecule has 1 aromatic rings. The fourth-order valence-corrected chi connectivity index (χ4v) is 9.61. The summed E-state index contributed by atoms with van der Waals surface area (Å²) in [4.78, 5) is 170. The number of nitrogens with zero attached hydrogens (tertiary/aromatic N) is 1. The zero-order chi connectivity index (χ0) is 66.1. The summed E-state index contributed by atoms with van der Waals surface area (Å²) in [5.74, 6) is -12.5. The minimum absolute atomic E-state index is 0.0143. The van der Waals surface area contributed by atoms with Gasteiger partial charge in [0.05, 0.1) is 31.3 Å². The maximum Gasteiger partial charge on any atom is 0.245 e. The standard InChI is InChI=1S/C58H96N16O14/c1-12-28(5)42-53(84)63-32(9)46(57(88)64-33(10)47(78)67-38(50(81)72-42)24-35-25-62-58(60)65-35)74-52(83)40(27-76)69-55(86)44(30(7)14-3)73-56(87)45(31(8)15-4)70-48(79)36(21-22-41(59)77)66-51(82)39(26-75)68-54(85)43(29(6)13-2)71-49(80)37(61-11)23-34-19-17-16-18-20-34/h16-20,28-33,35-40,42-46,61,75-76H,12-15,21-27H2,1-11H3,(H2,59,77)(H,63,84)(H,64,88)(H,66,82)(H,67,78)(H,68,85)(H,69,86)(H,70,79)(H,71,80)(H,72,81)(H,73,87)(H,74,83)(H3,60,62,65)/t28-,29+,30+,31+,32+,33+,35+,36-,37-,38+,39+,40+,42+,43+,44+,45-,46-/m1/s1. The molecule has 0 unspecified atom stereocenters. The minimum Gasteiger partial charge on any atom is -0.394 e. The molecule has 0 bridgehead atoms. The van der Waals surface area contributed by atoms with Crippen molar-refractivity contribution in [2.75, 3.05) is 26.8 Å². The molecule has 1 fully saturated rings. The highest BCUT2D eigenvalue weighted by Crippen LogP contribution is 2.17. The first-order valence-corrected chi connectivity index (χ1v) is 30.2. The molecular formula is C58H96N16O14. The van der Waals surface area contributed by atoms with Crippen molar-refractivity contribution in [3.63, 3.8) is 0 Å². The third kappa shape index (κ3) is 22.3. The number of carbonyl (C=O) groups excluding carboxylic acids is 12. The highest BCUT2D eigenvalue weighted by molar-refractivity contribution is 6.00. The van der Waals surface area contributed by atoms with Crippen molar-refractivity contribution in [1.82, 2.24) is 69.1 Å². The predicted molar refractivity (Wildman–Crippen MR) is 324 cm³/mol. The van der Waals surface area contributed by atoms with Gasteiger partial charge < -0.3 is 90.8 Å². The van der Waals surface area contributed by atoms with Gasteiger partial charge in [0.1, 0.15) is 60.4 Å². The van der Waals surface area contributed by atoms with Crippen LogP contribution in [0, 0.1) is 23.7 Å². The Morgan fingerprint density at radius 2 is 1.09 bits per heavy atom. The number of aliphatic hydroxyl groups is 2. The molecule has 12 amide bonds. The molecule has 0 aromatic heterocycles. The summed E-state index contributed by atoms with van der Waals surface area (Å²) in [5, 5.41) is 55.1. The number of carbonyl (C=O) groups is 12. The molecule has 1 aromatic carbocycles. The molecule has 30 heteroatoms. The highest BCUT2D eigenvalue weighted by atomic mass is 16.3. The number of aliphatic hydroxyl groups excluding tert-OH is 2. The third-order valence-corrected chi connectivity index (χ3v) is 16.2. The van der Waals surface area contributed by atoms with Gasteiger partial charge >= 0.3 is 0 Å². The summed E-state index contributed by atoms with van der Waals surface area (Å²) in [6.45, 7) is 14.6. The van der Waals surface area contributed by atoms with Crippen LogP contribution in [0.15, 0.2) is 35.3 Å². The average Bonchev–Trinajstić information content (AvgIpc) is 4.08. The molecule has 19 N–H and O–H groups in total. The van der Waals surface area contributed by atoms with E-state index in [0.717, 1.165) is 5.56 Å². The van der Waals surface area contributed by atoms with Gasteiger partial charge in [-0.1, -0.05) is 111 Å². The first-order chi connectivity index (χ1) is 41.6. The van der Waals surface area contributed by atoms with Crippen LogP contribution in [0.2, 0.25) is 0 Å². The van der Waals surface area contributed by atoms with Crippen molar-refractivity contribution in [3.8, 4) is 0 Å². The normalized spacial score (nSPS) is 22.7. The number of nitrogens with two attached hydrogens (primary N) is 2. The van der Waals surface area contributed by atoms with Crippen molar-refractivity contribution in [1.29, 1.82) is 0 Å². The van der Waals surface area contributed by atoms with Crippen LogP contribution in [0.5, 0.6) is 0 Å². The summed E-state index contributed by atoms with van der Waals surface area (Å²) in [5.41, 5.74) is 12.1. The Kier molecular flexibility index (Phi) is 30.7. The van der Waals surface area contributed by atoms with Crippen LogP contribution in [0.25, 0.3) is 0 Å². The van der Waals surface area contributed by atoms with Gasteiger partial charge in [-0.15, -0.1) is 0 Å². The van der Waals surface area contributed by atoms with E-state index in [1.54, 1.807) is 62.4 Å². The third-order valence-electron chi connectivity index (χ3n) is 16.2. The monoisotopic (exact) mass is 1240 g/mol. The predicted octanol–water partition coefficient (Wildman–Crippen LogP) is -4.69. The van der Waals surface area contributed by atoms with Crippen molar-refractivity contribution in [2.24, 2.45) is 40.1 Å². The molecule has 88 heavy (non-hydrogen) atoms. The van der Waals surface area contributed by atoms with Crippen molar-refractivity contribution >= 4 is 76.8 Å². The van der Waals surface area contributed by atoms with E-state index < -0.39 is 199 Å². The maximum atomic E-state index is 14.4. The van der Waals surface area contributed by atoms with Crippen molar-refractivity contribution in [2.45, 2.75) is 199 Å². The lowest BCUT2D eigenvalue weighted by atomic mass is 9.94. The van der Waals surface area contributed by atoms with E-state index >= 15 is 0 Å². The van der Waals surface area contributed by atoms with Gasteiger partial charge in [-0.25, -0.2) is 4.99 Å². The second-order valence-corrected chi connectivity index (χ2v) is 22.9. The Bertz CT molecular complexity index is 2610. The Morgan fingerprint density at radius 1 is 0.602 bits per heavy atom.